The van der Waals surface area contributed by atoms with E-state index in [1.165, 1.54) is 10.5 Å². The van der Waals surface area contributed by atoms with Crippen molar-refractivity contribution in [1.82, 2.24) is 10.2 Å². The van der Waals surface area contributed by atoms with Crippen LogP contribution >= 0.6 is 35.7 Å². The number of aliphatic hydroxyl groups is 1. The molecule has 0 aliphatic heterocycles. The third-order valence-corrected chi connectivity index (χ3v) is 3.88. The first-order valence-corrected chi connectivity index (χ1v) is 8.56. The van der Waals surface area contributed by atoms with Gasteiger partial charge in [-0.3, -0.25) is 4.99 Å². The summed E-state index contributed by atoms with van der Waals surface area (Å²) in [5.41, 5.74) is 1.26. The maximum absolute atomic E-state index is 9.10. The molecule has 126 valence electrons. The number of nitrogens with zero attached hydrogens (tertiary/aromatic N) is 2. The van der Waals surface area contributed by atoms with Crippen LogP contribution in [0, 0.1) is 5.92 Å². The number of aliphatic imine (C=N–C) groups is 1. The summed E-state index contributed by atoms with van der Waals surface area (Å²) in [5, 5.41) is 12.4. The number of hydrogen-bond acceptors (Lipinski definition) is 3. The summed E-state index contributed by atoms with van der Waals surface area (Å²) in [4.78, 5) is 7.97. The van der Waals surface area contributed by atoms with Crippen molar-refractivity contribution in [1.29, 1.82) is 0 Å². The number of guanidine groups is 1. The van der Waals surface area contributed by atoms with Crippen LogP contribution in [-0.2, 0) is 6.54 Å². The van der Waals surface area contributed by atoms with Gasteiger partial charge in [-0.1, -0.05) is 19.1 Å². The average Bonchev–Trinajstić information content (AvgIpc) is 2.51. The van der Waals surface area contributed by atoms with Gasteiger partial charge in [-0.15, -0.1) is 35.7 Å². The molecule has 4 nitrogen and oxygen atoms in total. The highest BCUT2D eigenvalue weighted by Gasteiger charge is 2.07. The van der Waals surface area contributed by atoms with E-state index in [0.717, 1.165) is 19.0 Å². The third kappa shape index (κ3) is 7.69. The molecule has 0 aliphatic carbocycles. The van der Waals surface area contributed by atoms with Crippen molar-refractivity contribution in [3.8, 4) is 0 Å². The Morgan fingerprint density at radius 2 is 2.00 bits per heavy atom. The molecule has 1 aromatic rings. The Bertz CT molecular complexity index is 440. The maximum Gasteiger partial charge on any atom is 0.193 e. The van der Waals surface area contributed by atoms with Gasteiger partial charge in [0.15, 0.2) is 5.96 Å². The third-order valence-electron chi connectivity index (χ3n) is 3.14. The molecule has 0 bridgehead atoms. The molecule has 2 N–H and O–H groups in total. The molecule has 1 aromatic carbocycles. The van der Waals surface area contributed by atoms with Crippen molar-refractivity contribution >= 4 is 41.7 Å². The lowest BCUT2D eigenvalue weighted by atomic mass is 10.2. The fraction of sp³-hybridized carbons (Fsp3) is 0.562. The highest BCUT2D eigenvalue weighted by Crippen LogP contribution is 2.15. The standard InChI is InChI=1S/C16H27N3OS.HI/c1-5-17-16(18-10-13(2)12-20)19(3)11-14-6-8-15(21-4)9-7-14;/h6-9,13,20H,5,10-12H2,1-4H3,(H,17,18);1H. The number of nitrogens with one attached hydrogen (secondary N) is 1. The maximum atomic E-state index is 9.10. The molecule has 1 rings (SSSR count). The Hall–Kier alpha value is -0.470. The van der Waals surface area contributed by atoms with E-state index in [9.17, 15) is 0 Å². The molecular formula is C16H28IN3OS. The van der Waals surface area contributed by atoms with Crippen molar-refractivity contribution in [2.75, 3.05) is 33.0 Å². The lowest BCUT2D eigenvalue weighted by Crippen LogP contribution is -2.38. The molecule has 1 atom stereocenters. The van der Waals surface area contributed by atoms with Gasteiger partial charge in [0.05, 0.1) is 0 Å². The normalized spacial score (nSPS) is 12.5. The summed E-state index contributed by atoms with van der Waals surface area (Å²) in [7, 11) is 2.04. The van der Waals surface area contributed by atoms with Gasteiger partial charge in [0.2, 0.25) is 0 Å². The topological polar surface area (TPSA) is 47.9 Å². The number of benzene rings is 1. The summed E-state index contributed by atoms with van der Waals surface area (Å²) in [6, 6.07) is 8.60. The average molecular weight is 437 g/mol. The summed E-state index contributed by atoms with van der Waals surface area (Å²) < 4.78 is 0. The van der Waals surface area contributed by atoms with Gasteiger partial charge in [0, 0.05) is 38.2 Å². The second-order valence-corrected chi connectivity index (χ2v) is 6.07. The lowest BCUT2D eigenvalue weighted by molar-refractivity contribution is 0.241. The van der Waals surface area contributed by atoms with Gasteiger partial charge in [-0.25, -0.2) is 0 Å². The number of halogens is 1. The van der Waals surface area contributed by atoms with E-state index >= 15 is 0 Å². The van der Waals surface area contributed by atoms with E-state index in [0.29, 0.717) is 6.54 Å². The fourth-order valence-electron chi connectivity index (χ4n) is 1.85. The van der Waals surface area contributed by atoms with Crippen LogP contribution in [0.3, 0.4) is 0 Å². The van der Waals surface area contributed by atoms with E-state index in [4.69, 9.17) is 5.11 Å². The SMILES string of the molecule is CCNC(=NCC(C)CO)N(C)Cc1ccc(SC)cc1.I. The minimum Gasteiger partial charge on any atom is -0.396 e. The summed E-state index contributed by atoms with van der Waals surface area (Å²) >= 11 is 1.75. The zero-order valence-corrected chi connectivity index (χ0v) is 17.0. The van der Waals surface area contributed by atoms with E-state index in [1.54, 1.807) is 11.8 Å². The number of thioether (sulfide) groups is 1. The second kappa shape index (κ2) is 12.0. The molecular weight excluding hydrogens is 409 g/mol. The van der Waals surface area contributed by atoms with Crippen LogP contribution in [0.2, 0.25) is 0 Å². The minimum absolute atomic E-state index is 0. The predicted molar refractivity (Wildman–Crippen MR) is 107 cm³/mol. The van der Waals surface area contributed by atoms with Crippen LogP contribution in [0.15, 0.2) is 34.2 Å². The van der Waals surface area contributed by atoms with Gasteiger partial charge >= 0.3 is 0 Å². The molecule has 6 heteroatoms. The van der Waals surface area contributed by atoms with E-state index in [-0.39, 0.29) is 36.5 Å². The molecule has 1 unspecified atom stereocenters. The Kier molecular flexibility index (Phi) is 11.8. The summed E-state index contributed by atoms with van der Waals surface area (Å²) in [6.07, 6.45) is 2.08. The lowest BCUT2D eigenvalue weighted by Gasteiger charge is -2.22. The molecule has 22 heavy (non-hydrogen) atoms. The van der Waals surface area contributed by atoms with E-state index < -0.39 is 0 Å². The van der Waals surface area contributed by atoms with Gasteiger partial charge in [0.1, 0.15) is 0 Å². The minimum atomic E-state index is 0. The van der Waals surface area contributed by atoms with Crippen molar-refractivity contribution in [3.63, 3.8) is 0 Å². The van der Waals surface area contributed by atoms with Crippen LogP contribution in [0.1, 0.15) is 19.4 Å². The highest BCUT2D eigenvalue weighted by atomic mass is 127. The van der Waals surface area contributed by atoms with Gasteiger partial charge in [-0.05, 0) is 36.8 Å². The molecule has 0 spiro atoms. The van der Waals surface area contributed by atoms with Crippen LogP contribution in [0.25, 0.3) is 0 Å². The van der Waals surface area contributed by atoms with Crippen molar-refractivity contribution in [2.45, 2.75) is 25.3 Å². The van der Waals surface area contributed by atoms with Crippen LogP contribution < -0.4 is 5.32 Å². The van der Waals surface area contributed by atoms with Gasteiger partial charge < -0.3 is 15.3 Å². The Morgan fingerprint density at radius 1 is 1.36 bits per heavy atom. The predicted octanol–water partition coefficient (Wildman–Crippen LogP) is 3.05. The Morgan fingerprint density at radius 3 is 2.50 bits per heavy atom. The number of aliphatic hydroxyl groups excluding tert-OH is 1. The zero-order valence-electron chi connectivity index (χ0n) is 13.9. The molecule has 0 amide bonds. The number of hydrogen-bond donors (Lipinski definition) is 2. The summed E-state index contributed by atoms with van der Waals surface area (Å²) in [6.45, 7) is 6.51. The van der Waals surface area contributed by atoms with E-state index in [2.05, 4.69) is 52.7 Å². The molecule has 0 saturated carbocycles. The molecule has 0 radical (unpaired) electrons. The van der Waals surface area contributed by atoms with Gasteiger partial charge in [0.25, 0.3) is 0 Å². The smallest absolute Gasteiger partial charge is 0.193 e. The van der Waals surface area contributed by atoms with Gasteiger partial charge in [-0.2, -0.15) is 0 Å². The largest absolute Gasteiger partial charge is 0.396 e. The van der Waals surface area contributed by atoms with Crippen LogP contribution in [0.5, 0.6) is 0 Å². The second-order valence-electron chi connectivity index (χ2n) is 5.19. The monoisotopic (exact) mass is 437 g/mol. The molecule has 0 aromatic heterocycles. The Balaban J connectivity index is 0.00000441. The highest BCUT2D eigenvalue weighted by molar-refractivity contribution is 14.0. The van der Waals surface area contributed by atoms with Crippen molar-refractivity contribution in [2.24, 2.45) is 10.9 Å². The number of rotatable bonds is 7. The molecule has 0 heterocycles. The summed E-state index contributed by atoms with van der Waals surface area (Å²) in [5.74, 6) is 1.07. The Labute approximate surface area is 155 Å². The first-order valence-electron chi connectivity index (χ1n) is 7.33. The molecule has 0 aliphatic rings. The fourth-order valence-corrected chi connectivity index (χ4v) is 2.26. The molecule has 0 fully saturated rings. The zero-order chi connectivity index (χ0) is 15.7. The first kappa shape index (κ1) is 21.5. The van der Waals surface area contributed by atoms with E-state index in [1.807, 2.05) is 14.0 Å². The van der Waals surface area contributed by atoms with Crippen LogP contribution in [0.4, 0.5) is 0 Å². The van der Waals surface area contributed by atoms with Crippen molar-refractivity contribution < 1.29 is 5.11 Å². The van der Waals surface area contributed by atoms with Crippen LogP contribution in [-0.4, -0.2) is 49.0 Å². The van der Waals surface area contributed by atoms with Crippen molar-refractivity contribution in [3.05, 3.63) is 29.8 Å². The quantitative estimate of drug-likeness (QED) is 0.298. The molecule has 0 saturated heterocycles. The first-order chi connectivity index (χ1) is 10.1.